The summed E-state index contributed by atoms with van der Waals surface area (Å²) in [4.78, 5) is 0. The Labute approximate surface area is 105 Å². The van der Waals surface area contributed by atoms with Gasteiger partial charge < -0.3 is 10.8 Å². The number of hydrogen-bond acceptors (Lipinski definition) is 2. The Hall–Kier alpha value is -0.860. The predicted octanol–water partition coefficient (Wildman–Crippen LogP) is 2.84. The molecule has 1 rings (SSSR count). The molecular weight excluding hydrogens is 210 g/mol. The Morgan fingerprint density at radius 1 is 1.24 bits per heavy atom. The van der Waals surface area contributed by atoms with Crippen molar-refractivity contribution in [2.75, 3.05) is 6.54 Å². The van der Waals surface area contributed by atoms with Gasteiger partial charge in [0, 0.05) is 13.0 Å². The Morgan fingerprint density at radius 2 is 1.82 bits per heavy atom. The highest BCUT2D eigenvalue weighted by Gasteiger charge is 2.24. The van der Waals surface area contributed by atoms with Gasteiger partial charge in [0.25, 0.3) is 0 Å². The molecule has 1 aromatic carbocycles. The normalized spacial score (nSPS) is 14.9. The molecule has 0 aliphatic heterocycles. The van der Waals surface area contributed by atoms with E-state index < -0.39 is 5.60 Å². The zero-order valence-corrected chi connectivity index (χ0v) is 11.2. The highest BCUT2D eigenvalue weighted by atomic mass is 16.3. The fourth-order valence-electron chi connectivity index (χ4n) is 2.13. The standard InChI is InChI=1S/C15H25NO/c1-4-9-15(17,11-16)10-13-5-7-14(8-6-13)12(2)3/h5-8,12,17H,4,9-11,16H2,1-3H3. The fourth-order valence-corrected chi connectivity index (χ4v) is 2.13. The lowest BCUT2D eigenvalue weighted by Gasteiger charge is -2.26. The molecule has 0 saturated heterocycles. The van der Waals surface area contributed by atoms with Gasteiger partial charge in [-0.05, 0) is 23.5 Å². The van der Waals surface area contributed by atoms with Gasteiger partial charge in [-0.3, -0.25) is 0 Å². The Morgan fingerprint density at radius 3 is 2.24 bits per heavy atom. The first-order chi connectivity index (χ1) is 8.00. The van der Waals surface area contributed by atoms with Crippen LogP contribution >= 0.6 is 0 Å². The van der Waals surface area contributed by atoms with Crippen molar-refractivity contribution in [2.24, 2.45) is 5.73 Å². The molecule has 1 aromatic rings. The topological polar surface area (TPSA) is 46.2 Å². The van der Waals surface area contributed by atoms with Gasteiger partial charge in [0.1, 0.15) is 0 Å². The number of benzene rings is 1. The molecule has 17 heavy (non-hydrogen) atoms. The van der Waals surface area contributed by atoms with Gasteiger partial charge in [0.05, 0.1) is 5.60 Å². The highest BCUT2D eigenvalue weighted by molar-refractivity contribution is 5.25. The lowest BCUT2D eigenvalue weighted by atomic mass is 9.89. The second-order valence-corrected chi connectivity index (χ2v) is 5.25. The maximum Gasteiger partial charge on any atom is 0.0809 e. The minimum Gasteiger partial charge on any atom is -0.388 e. The van der Waals surface area contributed by atoms with Crippen LogP contribution in [0.25, 0.3) is 0 Å². The quantitative estimate of drug-likeness (QED) is 0.796. The molecule has 0 saturated carbocycles. The molecule has 0 aliphatic carbocycles. The van der Waals surface area contributed by atoms with Crippen molar-refractivity contribution in [2.45, 2.75) is 51.6 Å². The molecule has 0 bridgehead atoms. The summed E-state index contributed by atoms with van der Waals surface area (Å²) in [6, 6.07) is 8.49. The van der Waals surface area contributed by atoms with E-state index in [-0.39, 0.29) is 0 Å². The van der Waals surface area contributed by atoms with Crippen LogP contribution in [0.1, 0.15) is 50.7 Å². The highest BCUT2D eigenvalue weighted by Crippen LogP contribution is 2.20. The monoisotopic (exact) mass is 235 g/mol. The van der Waals surface area contributed by atoms with Crippen LogP contribution in [0.2, 0.25) is 0 Å². The van der Waals surface area contributed by atoms with E-state index in [0.29, 0.717) is 18.9 Å². The number of rotatable bonds is 6. The summed E-state index contributed by atoms with van der Waals surface area (Å²) >= 11 is 0. The fraction of sp³-hybridized carbons (Fsp3) is 0.600. The van der Waals surface area contributed by atoms with E-state index in [1.165, 1.54) is 5.56 Å². The Bertz CT molecular complexity index is 331. The van der Waals surface area contributed by atoms with Crippen LogP contribution < -0.4 is 5.73 Å². The molecule has 3 N–H and O–H groups in total. The average molecular weight is 235 g/mol. The maximum atomic E-state index is 10.3. The molecule has 1 unspecified atom stereocenters. The molecule has 0 amide bonds. The Balaban J connectivity index is 2.73. The van der Waals surface area contributed by atoms with Crippen LogP contribution in [0.5, 0.6) is 0 Å². The van der Waals surface area contributed by atoms with E-state index in [9.17, 15) is 5.11 Å². The van der Waals surface area contributed by atoms with Crippen molar-refractivity contribution in [3.63, 3.8) is 0 Å². The second kappa shape index (κ2) is 6.18. The van der Waals surface area contributed by atoms with Crippen LogP contribution in [0.3, 0.4) is 0 Å². The third kappa shape index (κ3) is 4.14. The van der Waals surface area contributed by atoms with Crippen LogP contribution in [0, 0.1) is 0 Å². The molecule has 2 heteroatoms. The predicted molar refractivity (Wildman–Crippen MR) is 73.1 cm³/mol. The summed E-state index contributed by atoms with van der Waals surface area (Å²) < 4.78 is 0. The van der Waals surface area contributed by atoms with Gasteiger partial charge in [-0.25, -0.2) is 0 Å². The summed E-state index contributed by atoms with van der Waals surface area (Å²) in [7, 11) is 0. The van der Waals surface area contributed by atoms with Crippen LogP contribution in [0.4, 0.5) is 0 Å². The molecular formula is C15H25NO. The third-order valence-corrected chi connectivity index (χ3v) is 3.27. The van der Waals surface area contributed by atoms with Crippen LogP contribution in [0.15, 0.2) is 24.3 Å². The molecule has 0 spiro atoms. The van der Waals surface area contributed by atoms with E-state index in [1.54, 1.807) is 0 Å². The molecule has 1 atom stereocenters. The Kier molecular flexibility index (Phi) is 5.16. The van der Waals surface area contributed by atoms with Gasteiger partial charge in [-0.15, -0.1) is 0 Å². The summed E-state index contributed by atoms with van der Waals surface area (Å²) in [6.07, 6.45) is 2.36. The largest absolute Gasteiger partial charge is 0.388 e. The van der Waals surface area contributed by atoms with E-state index in [0.717, 1.165) is 18.4 Å². The first-order valence-corrected chi connectivity index (χ1v) is 6.52. The molecule has 2 nitrogen and oxygen atoms in total. The SMILES string of the molecule is CCCC(O)(CN)Cc1ccc(C(C)C)cc1. The number of aliphatic hydroxyl groups is 1. The molecule has 0 aliphatic rings. The molecule has 0 heterocycles. The minimum atomic E-state index is -0.742. The zero-order chi connectivity index (χ0) is 12.9. The van der Waals surface area contributed by atoms with Crippen molar-refractivity contribution >= 4 is 0 Å². The van der Waals surface area contributed by atoms with Crippen molar-refractivity contribution in [3.8, 4) is 0 Å². The smallest absolute Gasteiger partial charge is 0.0809 e. The van der Waals surface area contributed by atoms with E-state index >= 15 is 0 Å². The maximum absolute atomic E-state index is 10.3. The van der Waals surface area contributed by atoms with Gasteiger partial charge in [0.15, 0.2) is 0 Å². The second-order valence-electron chi connectivity index (χ2n) is 5.25. The minimum absolute atomic E-state index is 0.326. The van der Waals surface area contributed by atoms with E-state index in [1.807, 2.05) is 0 Å². The van der Waals surface area contributed by atoms with Crippen molar-refractivity contribution in [1.82, 2.24) is 0 Å². The van der Waals surface area contributed by atoms with Gasteiger partial charge >= 0.3 is 0 Å². The van der Waals surface area contributed by atoms with Gasteiger partial charge in [0.2, 0.25) is 0 Å². The van der Waals surface area contributed by atoms with Crippen molar-refractivity contribution in [1.29, 1.82) is 0 Å². The molecule has 96 valence electrons. The molecule has 0 fully saturated rings. The van der Waals surface area contributed by atoms with E-state index in [4.69, 9.17) is 5.73 Å². The van der Waals surface area contributed by atoms with Crippen molar-refractivity contribution < 1.29 is 5.11 Å². The first kappa shape index (κ1) is 14.2. The lowest BCUT2D eigenvalue weighted by Crippen LogP contribution is -2.39. The number of nitrogens with two attached hydrogens (primary N) is 1. The molecule has 0 aromatic heterocycles. The zero-order valence-electron chi connectivity index (χ0n) is 11.2. The van der Waals surface area contributed by atoms with Crippen LogP contribution in [-0.4, -0.2) is 17.3 Å². The summed E-state index contributed by atoms with van der Waals surface area (Å²) in [5.74, 6) is 0.549. The summed E-state index contributed by atoms with van der Waals surface area (Å²) in [6.45, 7) is 6.76. The lowest BCUT2D eigenvalue weighted by molar-refractivity contribution is 0.0399. The number of hydrogen-bond donors (Lipinski definition) is 2. The molecule has 0 radical (unpaired) electrons. The first-order valence-electron chi connectivity index (χ1n) is 6.52. The van der Waals surface area contributed by atoms with E-state index in [2.05, 4.69) is 45.0 Å². The third-order valence-electron chi connectivity index (χ3n) is 3.27. The van der Waals surface area contributed by atoms with Gasteiger partial charge in [-0.2, -0.15) is 0 Å². The van der Waals surface area contributed by atoms with Crippen LogP contribution in [-0.2, 0) is 6.42 Å². The van der Waals surface area contributed by atoms with Crippen molar-refractivity contribution in [3.05, 3.63) is 35.4 Å². The summed E-state index contributed by atoms with van der Waals surface area (Å²) in [5, 5.41) is 10.3. The van der Waals surface area contributed by atoms with Gasteiger partial charge in [-0.1, -0.05) is 51.5 Å². The summed E-state index contributed by atoms with van der Waals surface area (Å²) in [5.41, 5.74) is 7.42. The average Bonchev–Trinajstić information content (AvgIpc) is 2.30.